The first-order valence-corrected chi connectivity index (χ1v) is 4.10. The molecule has 0 saturated heterocycles. The minimum atomic E-state index is -0.0926. The zero-order valence-electron chi connectivity index (χ0n) is 5.62. The van der Waals surface area contributed by atoms with Gasteiger partial charge in [-0.3, -0.25) is 4.79 Å². The summed E-state index contributed by atoms with van der Waals surface area (Å²) in [5, 5.41) is 9.08. The van der Waals surface area contributed by atoms with Gasteiger partial charge in [-0.2, -0.15) is 0 Å². The summed E-state index contributed by atoms with van der Waals surface area (Å²) < 4.78 is 0. The summed E-state index contributed by atoms with van der Waals surface area (Å²) in [5.74, 6) is -0.0267. The van der Waals surface area contributed by atoms with E-state index in [4.69, 9.17) is 5.11 Å². The Kier molecular flexibility index (Phi) is 2.59. The number of nitrogens with zero attached hydrogens (tertiary/aromatic N) is 1. The number of aromatic nitrogens is 1. The molecule has 0 saturated carbocycles. The van der Waals surface area contributed by atoms with Crippen LogP contribution in [0.2, 0.25) is 0 Å². The van der Waals surface area contributed by atoms with Gasteiger partial charge in [-0.15, -0.1) is 0 Å². The Hall–Kier alpha value is -0.900. The lowest BCUT2D eigenvalue weighted by atomic mass is 10.3. The second-order valence-corrected chi connectivity index (χ2v) is 2.52. The summed E-state index contributed by atoms with van der Waals surface area (Å²) in [6, 6.07) is 2.92. The largest absolute Gasteiger partial charge is 0.506 e. The minimum Gasteiger partial charge on any atom is -0.506 e. The van der Waals surface area contributed by atoms with Gasteiger partial charge in [-0.1, -0.05) is 15.9 Å². The number of aromatic hydroxyl groups is 1. The Bertz CT molecular complexity index is 258. The number of rotatable bonds is 2. The van der Waals surface area contributed by atoms with Crippen LogP contribution in [0, 0.1) is 0 Å². The molecule has 4 heteroatoms. The molecular formula is C7H6BrNO2. The van der Waals surface area contributed by atoms with Crippen LogP contribution in [-0.4, -0.2) is 21.2 Å². The SMILES string of the molecule is O=C(CBr)c1ccc(O)cn1. The molecule has 0 bridgehead atoms. The van der Waals surface area contributed by atoms with Gasteiger partial charge in [0.25, 0.3) is 0 Å². The lowest BCUT2D eigenvalue weighted by molar-refractivity contribution is 0.101. The van der Waals surface area contributed by atoms with Crippen molar-refractivity contribution in [2.24, 2.45) is 0 Å². The number of carbonyl (C=O) groups excluding carboxylic acids is 1. The van der Waals surface area contributed by atoms with Crippen molar-refractivity contribution in [1.82, 2.24) is 4.98 Å². The molecule has 0 radical (unpaired) electrons. The van der Waals surface area contributed by atoms with Crippen molar-refractivity contribution in [3.05, 3.63) is 24.0 Å². The zero-order chi connectivity index (χ0) is 8.27. The third-order valence-electron chi connectivity index (χ3n) is 1.15. The first-order chi connectivity index (χ1) is 5.24. The van der Waals surface area contributed by atoms with E-state index in [2.05, 4.69) is 20.9 Å². The zero-order valence-corrected chi connectivity index (χ0v) is 7.21. The van der Waals surface area contributed by atoms with E-state index in [1.807, 2.05) is 0 Å². The Balaban J connectivity index is 2.90. The van der Waals surface area contributed by atoms with Gasteiger partial charge in [0, 0.05) is 0 Å². The molecule has 0 unspecified atom stereocenters. The molecule has 1 N–H and O–H groups in total. The van der Waals surface area contributed by atoms with Gasteiger partial charge < -0.3 is 5.11 Å². The summed E-state index contributed by atoms with van der Waals surface area (Å²) in [6.07, 6.45) is 1.25. The van der Waals surface area contributed by atoms with Crippen LogP contribution in [0.5, 0.6) is 5.75 Å². The Morgan fingerprint density at radius 2 is 2.36 bits per heavy atom. The van der Waals surface area contributed by atoms with Gasteiger partial charge in [0.1, 0.15) is 11.4 Å². The second kappa shape index (κ2) is 3.48. The topological polar surface area (TPSA) is 50.2 Å². The fourth-order valence-electron chi connectivity index (χ4n) is 0.619. The molecule has 0 aliphatic carbocycles. The molecule has 1 aromatic rings. The predicted molar refractivity (Wildman–Crippen MR) is 44.0 cm³/mol. The predicted octanol–water partition coefficient (Wildman–Crippen LogP) is 1.36. The first-order valence-electron chi connectivity index (χ1n) is 2.98. The number of pyridine rings is 1. The van der Waals surface area contributed by atoms with E-state index < -0.39 is 0 Å². The fraction of sp³-hybridized carbons (Fsp3) is 0.143. The maximum absolute atomic E-state index is 10.9. The molecule has 0 aliphatic heterocycles. The van der Waals surface area contributed by atoms with E-state index in [1.54, 1.807) is 0 Å². The number of ketones is 1. The van der Waals surface area contributed by atoms with Gasteiger partial charge in [0.2, 0.25) is 0 Å². The minimum absolute atomic E-state index is 0.0659. The molecule has 58 valence electrons. The van der Waals surface area contributed by atoms with Gasteiger partial charge >= 0.3 is 0 Å². The molecule has 0 amide bonds. The molecule has 0 atom stereocenters. The van der Waals surface area contributed by atoms with Crippen LogP contribution in [0.4, 0.5) is 0 Å². The van der Waals surface area contributed by atoms with Crippen LogP contribution in [0.15, 0.2) is 18.3 Å². The molecule has 0 spiro atoms. The average Bonchev–Trinajstić information content (AvgIpc) is 2.05. The Labute approximate surface area is 72.2 Å². The normalized spacial score (nSPS) is 9.55. The summed E-state index contributed by atoms with van der Waals surface area (Å²) in [7, 11) is 0. The van der Waals surface area contributed by atoms with Crippen LogP contribution in [0.3, 0.4) is 0 Å². The highest BCUT2D eigenvalue weighted by atomic mass is 79.9. The van der Waals surface area contributed by atoms with Crippen LogP contribution in [-0.2, 0) is 0 Å². The number of hydrogen-bond donors (Lipinski definition) is 1. The average molecular weight is 216 g/mol. The standard InChI is InChI=1S/C7H6BrNO2/c8-3-7(11)6-2-1-5(10)4-9-6/h1-2,4,10H,3H2. The van der Waals surface area contributed by atoms with Crippen molar-refractivity contribution in [2.75, 3.05) is 5.33 Å². The highest BCUT2D eigenvalue weighted by Crippen LogP contribution is 2.06. The maximum atomic E-state index is 10.9. The molecule has 11 heavy (non-hydrogen) atoms. The van der Waals surface area contributed by atoms with Crippen molar-refractivity contribution in [2.45, 2.75) is 0 Å². The first kappa shape index (κ1) is 8.20. The molecule has 0 aliphatic rings. The second-order valence-electron chi connectivity index (χ2n) is 1.96. The number of carbonyl (C=O) groups is 1. The molecule has 1 heterocycles. The van der Waals surface area contributed by atoms with Crippen LogP contribution < -0.4 is 0 Å². The van der Waals surface area contributed by atoms with Crippen molar-refractivity contribution in [1.29, 1.82) is 0 Å². The van der Waals surface area contributed by atoms with E-state index in [-0.39, 0.29) is 16.9 Å². The molecule has 1 rings (SSSR count). The van der Waals surface area contributed by atoms with E-state index in [1.165, 1.54) is 18.3 Å². The van der Waals surface area contributed by atoms with E-state index in [0.29, 0.717) is 5.69 Å². The summed E-state index contributed by atoms with van der Waals surface area (Å²) >= 11 is 3.02. The smallest absolute Gasteiger partial charge is 0.191 e. The van der Waals surface area contributed by atoms with E-state index in [9.17, 15) is 4.79 Å². The van der Waals surface area contributed by atoms with Crippen molar-refractivity contribution in [3.8, 4) is 5.75 Å². The molecule has 0 fully saturated rings. The maximum Gasteiger partial charge on any atom is 0.191 e. The number of hydrogen-bond acceptors (Lipinski definition) is 3. The number of Topliss-reactive ketones (excluding diaryl/α,β-unsaturated/α-hetero) is 1. The van der Waals surface area contributed by atoms with Crippen LogP contribution >= 0.6 is 15.9 Å². The number of alkyl halides is 1. The summed E-state index contributed by atoms with van der Waals surface area (Å²) in [6.45, 7) is 0. The van der Waals surface area contributed by atoms with Crippen molar-refractivity contribution in [3.63, 3.8) is 0 Å². The third kappa shape index (κ3) is 2.01. The third-order valence-corrected chi connectivity index (χ3v) is 1.66. The van der Waals surface area contributed by atoms with E-state index >= 15 is 0 Å². The molecule has 1 aromatic heterocycles. The summed E-state index contributed by atoms with van der Waals surface area (Å²) in [5.41, 5.74) is 0.361. The van der Waals surface area contributed by atoms with Crippen molar-refractivity contribution < 1.29 is 9.90 Å². The summed E-state index contributed by atoms with van der Waals surface area (Å²) in [4.78, 5) is 14.7. The lowest BCUT2D eigenvalue weighted by Crippen LogP contribution is -2.01. The van der Waals surface area contributed by atoms with Crippen LogP contribution in [0.25, 0.3) is 0 Å². The molecule has 3 nitrogen and oxygen atoms in total. The van der Waals surface area contributed by atoms with Gasteiger partial charge in [-0.25, -0.2) is 4.98 Å². The van der Waals surface area contributed by atoms with Crippen molar-refractivity contribution >= 4 is 21.7 Å². The fourth-order valence-corrected chi connectivity index (χ4v) is 0.907. The van der Waals surface area contributed by atoms with Gasteiger partial charge in [-0.05, 0) is 12.1 Å². The quantitative estimate of drug-likeness (QED) is 0.599. The lowest BCUT2D eigenvalue weighted by Gasteiger charge is -1.94. The Morgan fingerprint density at radius 1 is 1.64 bits per heavy atom. The Morgan fingerprint density at radius 3 is 2.82 bits per heavy atom. The number of halogens is 1. The highest BCUT2D eigenvalue weighted by Gasteiger charge is 2.03. The van der Waals surface area contributed by atoms with Gasteiger partial charge in [0.05, 0.1) is 11.5 Å². The van der Waals surface area contributed by atoms with Crippen LogP contribution in [0.1, 0.15) is 10.5 Å². The van der Waals surface area contributed by atoms with E-state index in [0.717, 1.165) is 0 Å². The highest BCUT2D eigenvalue weighted by molar-refractivity contribution is 9.09. The molecular weight excluding hydrogens is 210 g/mol. The molecule has 0 aromatic carbocycles. The monoisotopic (exact) mass is 215 g/mol. The van der Waals surface area contributed by atoms with Gasteiger partial charge in [0.15, 0.2) is 5.78 Å².